The van der Waals surface area contributed by atoms with Gasteiger partial charge in [0.15, 0.2) is 0 Å². The topological polar surface area (TPSA) is 15.8 Å². The van der Waals surface area contributed by atoms with Gasteiger partial charge in [-0.05, 0) is 55.4 Å². The summed E-state index contributed by atoms with van der Waals surface area (Å²) in [5, 5.41) is 2.73. The molecule has 0 amide bonds. The maximum Gasteiger partial charge on any atom is 0.0423 e. The molecule has 1 aromatic heterocycles. The molecule has 1 nitrogen and oxygen atoms in total. The number of fused-ring (bicyclic) bond motifs is 1. The Labute approximate surface area is 122 Å². The van der Waals surface area contributed by atoms with E-state index in [4.69, 9.17) is 0 Å². The minimum absolute atomic E-state index is 0.286. The zero-order valence-electron chi connectivity index (χ0n) is 13.5. The van der Waals surface area contributed by atoms with Crippen LogP contribution in [0.25, 0.3) is 18.2 Å². The highest BCUT2D eigenvalue weighted by atomic mass is 14.7. The molecule has 0 unspecified atom stereocenters. The van der Waals surface area contributed by atoms with Crippen molar-refractivity contribution in [2.24, 2.45) is 5.41 Å². The maximum absolute atomic E-state index is 3.60. The van der Waals surface area contributed by atoms with Crippen molar-refractivity contribution < 1.29 is 0 Å². The van der Waals surface area contributed by atoms with Crippen molar-refractivity contribution in [2.75, 3.05) is 0 Å². The van der Waals surface area contributed by atoms with Crippen molar-refractivity contribution in [3.63, 3.8) is 0 Å². The monoisotopic (exact) mass is 269 g/mol. The summed E-state index contributed by atoms with van der Waals surface area (Å²) in [7, 11) is 0. The Morgan fingerprint density at radius 3 is 2.75 bits per heavy atom. The molecule has 1 aliphatic rings. The van der Waals surface area contributed by atoms with Crippen LogP contribution < -0.4 is 10.6 Å². The van der Waals surface area contributed by atoms with Gasteiger partial charge in [-0.15, -0.1) is 0 Å². The minimum atomic E-state index is 0.286. The summed E-state index contributed by atoms with van der Waals surface area (Å²) in [5.74, 6) is 0. The van der Waals surface area contributed by atoms with Gasteiger partial charge in [0, 0.05) is 11.0 Å². The average molecular weight is 269 g/mol. The van der Waals surface area contributed by atoms with Crippen molar-refractivity contribution >= 4 is 18.2 Å². The zero-order valence-corrected chi connectivity index (χ0v) is 13.5. The van der Waals surface area contributed by atoms with E-state index < -0.39 is 0 Å². The summed E-state index contributed by atoms with van der Waals surface area (Å²) in [6.45, 7) is 11.2. The second-order valence-electron chi connectivity index (χ2n) is 6.68. The molecule has 0 aliphatic heterocycles. The molecular formula is C19H27N. The van der Waals surface area contributed by atoms with Gasteiger partial charge in [-0.1, -0.05) is 50.6 Å². The Bertz CT molecular complexity index is 647. The summed E-state index contributed by atoms with van der Waals surface area (Å²) in [5.41, 5.74) is 4.32. The van der Waals surface area contributed by atoms with Crippen molar-refractivity contribution in [1.82, 2.24) is 4.98 Å². The lowest BCUT2D eigenvalue weighted by molar-refractivity contribution is 0.481. The van der Waals surface area contributed by atoms with Crippen LogP contribution in [0.15, 0.2) is 17.7 Å². The van der Waals surface area contributed by atoms with Crippen LogP contribution in [0, 0.1) is 5.41 Å². The van der Waals surface area contributed by atoms with E-state index in [1.54, 1.807) is 0 Å². The van der Waals surface area contributed by atoms with Crippen LogP contribution in [0.5, 0.6) is 0 Å². The quantitative estimate of drug-likeness (QED) is 0.800. The normalized spacial score (nSPS) is 17.1. The van der Waals surface area contributed by atoms with E-state index in [0.717, 1.165) is 12.8 Å². The van der Waals surface area contributed by atoms with Crippen molar-refractivity contribution in [3.05, 3.63) is 39.6 Å². The van der Waals surface area contributed by atoms with Crippen molar-refractivity contribution in [3.8, 4) is 0 Å². The second-order valence-corrected chi connectivity index (χ2v) is 6.68. The fourth-order valence-corrected chi connectivity index (χ4v) is 2.83. The van der Waals surface area contributed by atoms with Gasteiger partial charge in [0.25, 0.3) is 0 Å². The molecule has 0 spiro atoms. The molecule has 0 saturated heterocycles. The van der Waals surface area contributed by atoms with E-state index in [9.17, 15) is 0 Å². The van der Waals surface area contributed by atoms with Gasteiger partial charge in [-0.25, -0.2) is 0 Å². The largest absolute Gasteiger partial charge is 0.355 e. The van der Waals surface area contributed by atoms with E-state index in [0.29, 0.717) is 0 Å². The van der Waals surface area contributed by atoms with E-state index >= 15 is 0 Å². The van der Waals surface area contributed by atoms with E-state index in [2.05, 4.69) is 70.0 Å². The van der Waals surface area contributed by atoms with E-state index in [1.807, 2.05) is 0 Å². The smallest absolute Gasteiger partial charge is 0.0423 e. The van der Waals surface area contributed by atoms with Crippen LogP contribution in [0.4, 0.5) is 0 Å². The molecule has 108 valence electrons. The Kier molecular flexibility index (Phi) is 4.37. The molecule has 1 aromatic rings. The van der Waals surface area contributed by atoms with Crippen molar-refractivity contribution in [1.29, 1.82) is 0 Å². The third-order valence-corrected chi connectivity index (χ3v) is 3.93. The molecule has 0 atom stereocenters. The highest BCUT2D eigenvalue weighted by Crippen LogP contribution is 2.25. The fourth-order valence-electron chi connectivity index (χ4n) is 2.83. The lowest BCUT2D eigenvalue weighted by atomic mass is 9.87. The maximum atomic E-state index is 3.60. The molecule has 1 heterocycles. The third kappa shape index (κ3) is 3.33. The lowest BCUT2D eigenvalue weighted by Gasteiger charge is -2.17. The molecule has 1 aliphatic carbocycles. The third-order valence-electron chi connectivity index (χ3n) is 3.93. The molecule has 20 heavy (non-hydrogen) atoms. The molecule has 1 heteroatoms. The van der Waals surface area contributed by atoms with Crippen LogP contribution in [0.3, 0.4) is 0 Å². The number of aromatic amines is 1. The van der Waals surface area contributed by atoms with Crippen LogP contribution in [-0.2, 0) is 6.42 Å². The summed E-state index contributed by atoms with van der Waals surface area (Å²) in [6, 6.07) is 0. The summed E-state index contributed by atoms with van der Waals surface area (Å²) >= 11 is 0. The molecule has 0 saturated carbocycles. The van der Waals surface area contributed by atoms with Crippen molar-refractivity contribution in [2.45, 2.75) is 53.9 Å². The summed E-state index contributed by atoms with van der Waals surface area (Å²) in [4.78, 5) is 3.60. The standard InChI is InChI=1S/C19H27N/c1-6-15-16-13-19(4,5)12-8-11-18(16)20-17(15)10-7-9-14(2)3/h7,9-11,13,20H,6,8,12H2,1-5H3/b10-7-. The highest BCUT2D eigenvalue weighted by molar-refractivity contribution is 5.55. The molecule has 0 bridgehead atoms. The van der Waals surface area contributed by atoms with Gasteiger partial charge < -0.3 is 4.98 Å². The van der Waals surface area contributed by atoms with Crippen LogP contribution in [-0.4, -0.2) is 4.98 Å². The number of hydrogen-bond donors (Lipinski definition) is 1. The van der Waals surface area contributed by atoms with Gasteiger partial charge in [-0.2, -0.15) is 0 Å². The van der Waals surface area contributed by atoms with E-state index in [1.165, 1.54) is 33.8 Å². The molecule has 2 rings (SSSR count). The average Bonchev–Trinajstić information content (AvgIpc) is 2.57. The number of nitrogens with one attached hydrogen (secondary N) is 1. The lowest BCUT2D eigenvalue weighted by Crippen LogP contribution is -2.26. The Balaban J connectivity index is 2.57. The molecular weight excluding hydrogens is 242 g/mol. The predicted octanol–water partition coefficient (Wildman–Crippen LogP) is 3.94. The number of hydrogen-bond acceptors (Lipinski definition) is 0. The first-order valence-corrected chi connectivity index (χ1v) is 7.68. The Morgan fingerprint density at radius 1 is 1.35 bits per heavy atom. The SMILES string of the molecule is CCc1c(/C=C\C=C(C)C)[nH]c2c1=CC(C)(C)CCC=2. The first-order chi connectivity index (χ1) is 9.43. The highest BCUT2D eigenvalue weighted by Gasteiger charge is 2.17. The van der Waals surface area contributed by atoms with Crippen LogP contribution in [0.1, 0.15) is 58.7 Å². The number of H-pyrrole nitrogens is 1. The number of rotatable bonds is 3. The summed E-state index contributed by atoms with van der Waals surface area (Å²) < 4.78 is 0. The van der Waals surface area contributed by atoms with Gasteiger partial charge in [0.1, 0.15) is 0 Å². The second kappa shape index (κ2) is 5.87. The molecule has 1 N–H and O–H groups in total. The van der Waals surface area contributed by atoms with E-state index in [-0.39, 0.29) is 5.41 Å². The molecule has 0 fully saturated rings. The van der Waals surface area contributed by atoms with Gasteiger partial charge in [-0.3, -0.25) is 0 Å². The number of aromatic nitrogens is 1. The molecule has 0 radical (unpaired) electrons. The number of allylic oxidation sites excluding steroid dienone is 3. The zero-order chi connectivity index (χ0) is 14.8. The summed E-state index contributed by atoms with van der Waals surface area (Å²) in [6.07, 6.45) is 14.8. The van der Waals surface area contributed by atoms with Gasteiger partial charge >= 0.3 is 0 Å². The first kappa shape index (κ1) is 14.9. The molecule has 0 aromatic carbocycles. The van der Waals surface area contributed by atoms with Gasteiger partial charge in [0.2, 0.25) is 0 Å². The Morgan fingerprint density at radius 2 is 2.10 bits per heavy atom. The van der Waals surface area contributed by atoms with Crippen LogP contribution in [0.2, 0.25) is 0 Å². The minimum Gasteiger partial charge on any atom is -0.355 e. The fraction of sp³-hybridized carbons (Fsp3) is 0.474. The van der Waals surface area contributed by atoms with Crippen LogP contribution >= 0.6 is 0 Å². The predicted molar refractivity (Wildman–Crippen MR) is 89.8 cm³/mol. The van der Waals surface area contributed by atoms with Gasteiger partial charge in [0.05, 0.1) is 0 Å². The first-order valence-electron chi connectivity index (χ1n) is 7.68. The Hall–Kier alpha value is -1.50.